The van der Waals surface area contributed by atoms with Gasteiger partial charge in [0.1, 0.15) is 18.3 Å². The van der Waals surface area contributed by atoms with Crippen molar-refractivity contribution in [1.82, 2.24) is 5.09 Å². The molecule has 164 valence electrons. The molecule has 1 aliphatic rings. The van der Waals surface area contributed by atoms with Crippen LogP contribution >= 0.6 is 7.52 Å². The fourth-order valence-corrected chi connectivity index (χ4v) is 4.16. The maximum atomic E-state index is 11.9. The van der Waals surface area contributed by atoms with Gasteiger partial charge >= 0.3 is 29.6 Å². The molecule has 3 N–H and O–H groups in total. The smallest absolute Gasteiger partial charge is 0.788 e. The molecule has 0 spiro atoms. The summed E-state index contributed by atoms with van der Waals surface area (Å²) in [6, 6.07) is 17.5. The van der Waals surface area contributed by atoms with Crippen LogP contribution in [0.4, 0.5) is 0 Å². The number of aliphatic hydroxyl groups excluding tert-OH is 2. The number of rotatable bonds is 9. The summed E-state index contributed by atoms with van der Waals surface area (Å²) in [5.41, 5.74) is 1.73. The summed E-state index contributed by atoms with van der Waals surface area (Å²) >= 11 is 0. The summed E-state index contributed by atoms with van der Waals surface area (Å²) < 4.78 is 29.3. The third-order valence-electron chi connectivity index (χ3n) is 4.78. The van der Waals surface area contributed by atoms with E-state index >= 15 is 0 Å². The fraction of sp³-hybridized carbons (Fsp3) is 0.429. The van der Waals surface area contributed by atoms with E-state index in [0.29, 0.717) is 0 Å². The molecule has 2 aromatic carbocycles. The Kier molecular flexibility index (Phi) is 10.8. The van der Waals surface area contributed by atoms with E-state index in [0.717, 1.165) is 17.8 Å². The molecule has 0 bridgehead atoms. The number of hydrogen-bond acceptors (Lipinski definition) is 7. The van der Waals surface area contributed by atoms with Crippen molar-refractivity contribution in [3.05, 3.63) is 71.8 Å². The molecule has 0 saturated carbocycles. The Morgan fingerprint density at radius 3 is 2.03 bits per heavy atom. The van der Waals surface area contributed by atoms with Crippen molar-refractivity contribution in [3.8, 4) is 0 Å². The van der Waals surface area contributed by atoms with E-state index in [9.17, 15) is 19.7 Å². The summed E-state index contributed by atoms with van der Waals surface area (Å²) in [5, 5.41) is 23.1. The van der Waals surface area contributed by atoms with Gasteiger partial charge in [-0.25, -0.2) is 0 Å². The second-order valence-electron chi connectivity index (χ2n) is 7.27. The van der Waals surface area contributed by atoms with E-state index in [2.05, 4.69) is 5.09 Å². The number of ether oxygens (including phenoxy) is 3. The van der Waals surface area contributed by atoms with Crippen LogP contribution in [0.2, 0.25) is 0 Å². The Bertz CT molecular complexity index is 823. The van der Waals surface area contributed by atoms with Crippen LogP contribution in [-0.4, -0.2) is 54.1 Å². The van der Waals surface area contributed by atoms with Gasteiger partial charge in [0.05, 0.1) is 33.4 Å². The molecule has 10 heteroatoms. The zero-order valence-electron chi connectivity index (χ0n) is 17.7. The van der Waals surface area contributed by atoms with Gasteiger partial charge in [0.2, 0.25) is 0 Å². The molecule has 31 heavy (non-hydrogen) atoms. The van der Waals surface area contributed by atoms with Crippen molar-refractivity contribution >= 4 is 7.52 Å². The normalized spacial score (nSPS) is 27.8. The molecule has 1 unspecified atom stereocenters. The largest absolute Gasteiger partial charge is 1.00 e. The van der Waals surface area contributed by atoms with Crippen LogP contribution in [0, 0.1) is 0 Å². The van der Waals surface area contributed by atoms with Gasteiger partial charge in [-0.1, -0.05) is 60.7 Å². The minimum Gasteiger partial charge on any atom is -0.788 e. The SMILES string of the molecule is CP(=O)([O-])N[C@H]1[C@H](OCc2ccccc2)O[C@H](CO)[C@@H](OCc2ccccc2)[C@@H]1O.[Na+]. The maximum Gasteiger partial charge on any atom is 1.00 e. The van der Waals surface area contributed by atoms with Gasteiger partial charge in [-0.3, -0.25) is 5.09 Å². The van der Waals surface area contributed by atoms with Crippen molar-refractivity contribution in [3.63, 3.8) is 0 Å². The van der Waals surface area contributed by atoms with Crippen molar-refractivity contribution in [1.29, 1.82) is 0 Å². The molecule has 8 nitrogen and oxygen atoms in total. The van der Waals surface area contributed by atoms with E-state index < -0.39 is 44.8 Å². The minimum absolute atomic E-state index is 0. The standard InChI is InChI=1S/C21H28NO7P.Na/c1-30(25,26)22-18-19(24)20(27-13-15-8-4-2-5-9-15)17(12-23)29-21(18)28-14-16-10-6-3-7-11-16;/h2-11,17-21,23-24H,12-14H2,1H3,(H2,22,25,26);/q;+1/p-1/t17-,18-,19-,20-,21-;/m1./s1. The monoisotopic (exact) mass is 459 g/mol. The topological polar surface area (TPSA) is 120 Å². The molecule has 0 amide bonds. The molecule has 1 heterocycles. The van der Waals surface area contributed by atoms with E-state index in [1.807, 2.05) is 60.7 Å². The van der Waals surface area contributed by atoms with Crippen LogP contribution in [0.15, 0.2) is 60.7 Å². The molecule has 3 rings (SSSR count). The molecular formula is C21H27NNaO7P. The minimum atomic E-state index is -3.97. The predicted octanol–water partition coefficient (Wildman–Crippen LogP) is -1.99. The molecule has 2 aromatic rings. The quantitative estimate of drug-likeness (QED) is 0.291. The second-order valence-corrected chi connectivity index (χ2v) is 9.22. The van der Waals surface area contributed by atoms with E-state index in [4.69, 9.17) is 14.2 Å². The summed E-state index contributed by atoms with van der Waals surface area (Å²) in [4.78, 5) is 11.9. The Labute approximate surface area is 204 Å². The first-order valence-electron chi connectivity index (χ1n) is 9.69. The Balaban J connectivity index is 0.00000341. The first-order valence-corrected chi connectivity index (χ1v) is 11.8. The zero-order chi connectivity index (χ0) is 21.6. The molecule has 6 atom stereocenters. The molecule has 1 fully saturated rings. The van der Waals surface area contributed by atoms with Gasteiger partial charge in [-0.15, -0.1) is 0 Å². The van der Waals surface area contributed by atoms with E-state index in [1.165, 1.54) is 0 Å². The Morgan fingerprint density at radius 1 is 1.03 bits per heavy atom. The molecular weight excluding hydrogens is 432 g/mol. The average Bonchev–Trinajstić information content (AvgIpc) is 2.74. The van der Waals surface area contributed by atoms with Crippen LogP contribution < -0.4 is 39.5 Å². The van der Waals surface area contributed by atoms with Crippen molar-refractivity contribution in [2.45, 2.75) is 43.9 Å². The molecule has 0 radical (unpaired) electrons. The molecule has 0 aliphatic carbocycles. The van der Waals surface area contributed by atoms with Gasteiger partial charge in [0.15, 0.2) is 6.29 Å². The zero-order valence-corrected chi connectivity index (χ0v) is 20.6. The predicted molar refractivity (Wildman–Crippen MR) is 108 cm³/mol. The Morgan fingerprint density at radius 2 is 1.55 bits per heavy atom. The van der Waals surface area contributed by atoms with Crippen LogP contribution in [0.25, 0.3) is 0 Å². The number of nitrogens with one attached hydrogen (secondary N) is 1. The van der Waals surface area contributed by atoms with Crippen molar-refractivity contribution in [2.24, 2.45) is 0 Å². The van der Waals surface area contributed by atoms with Crippen LogP contribution in [0.3, 0.4) is 0 Å². The molecule has 0 aromatic heterocycles. The first kappa shape index (κ1) is 26.6. The average molecular weight is 459 g/mol. The van der Waals surface area contributed by atoms with Crippen molar-refractivity contribution in [2.75, 3.05) is 13.3 Å². The fourth-order valence-electron chi connectivity index (χ4n) is 3.34. The molecule has 1 saturated heterocycles. The summed E-state index contributed by atoms with van der Waals surface area (Å²) in [6.45, 7) is 0.921. The molecule has 1 aliphatic heterocycles. The third kappa shape index (κ3) is 8.03. The number of benzene rings is 2. The van der Waals surface area contributed by atoms with Gasteiger partial charge in [0, 0.05) is 0 Å². The van der Waals surface area contributed by atoms with E-state index in [-0.39, 0.29) is 42.8 Å². The second kappa shape index (κ2) is 12.6. The van der Waals surface area contributed by atoms with Crippen LogP contribution in [0.1, 0.15) is 11.1 Å². The van der Waals surface area contributed by atoms with E-state index in [1.54, 1.807) is 0 Å². The summed E-state index contributed by atoms with van der Waals surface area (Å²) in [6.07, 6.45) is -4.22. The van der Waals surface area contributed by atoms with Crippen LogP contribution in [0.5, 0.6) is 0 Å². The van der Waals surface area contributed by atoms with Gasteiger partial charge in [-0.05, 0) is 17.8 Å². The maximum absolute atomic E-state index is 11.9. The number of hydrogen-bond donors (Lipinski definition) is 3. The first-order chi connectivity index (χ1) is 14.4. The van der Waals surface area contributed by atoms with Gasteiger partial charge < -0.3 is 33.9 Å². The van der Waals surface area contributed by atoms with Crippen LogP contribution in [-0.2, 0) is 32.0 Å². The van der Waals surface area contributed by atoms with Crippen molar-refractivity contribution < 1.29 is 63.4 Å². The van der Waals surface area contributed by atoms with Gasteiger partial charge in [0.25, 0.3) is 0 Å². The third-order valence-corrected chi connectivity index (χ3v) is 5.55. The summed E-state index contributed by atoms with van der Waals surface area (Å²) in [5.74, 6) is 0. The summed E-state index contributed by atoms with van der Waals surface area (Å²) in [7, 11) is -3.97. The number of aliphatic hydroxyl groups is 2. The Hall–Kier alpha value is -0.610. The van der Waals surface area contributed by atoms with Gasteiger partial charge in [-0.2, -0.15) is 0 Å².